The Morgan fingerprint density at radius 1 is 0.800 bits per heavy atom. The molecule has 0 radical (unpaired) electrons. The van der Waals surface area contributed by atoms with E-state index in [0.29, 0.717) is 31.8 Å². The first-order valence-electron chi connectivity index (χ1n) is 17.4. The first-order chi connectivity index (χ1) is 21.2. The molecule has 1 heterocycles. The number of aliphatic hydroxyl groups is 7. The molecule has 5 aliphatic rings. The quantitative estimate of drug-likeness (QED) is 0.185. The molecule has 4 saturated carbocycles. The average molecular weight is 641 g/mol. The molecule has 0 aromatic carbocycles. The van der Waals surface area contributed by atoms with Crippen molar-refractivity contribution >= 4 is 0 Å². The van der Waals surface area contributed by atoms with Crippen LogP contribution >= 0.6 is 0 Å². The fraction of sp³-hybridized carbons (Fsp3) is 0.943. The highest BCUT2D eigenvalue weighted by Crippen LogP contribution is 2.68. The molecular formula is C35H60O10. The van der Waals surface area contributed by atoms with Crippen molar-refractivity contribution in [1.82, 2.24) is 0 Å². The second kappa shape index (κ2) is 13.7. The summed E-state index contributed by atoms with van der Waals surface area (Å²) in [5.41, 5.74) is -0.642. The lowest BCUT2D eigenvalue weighted by molar-refractivity contribution is -0.273. The third kappa shape index (κ3) is 6.20. The predicted octanol–water partition coefficient (Wildman–Crippen LogP) is 1.85. The first kappa shape index (κ1) is 35.6. The lowest BCUT2D eigenvalue weighted by Crippen LogP contribution is -2.63. The molecule has 10 nitrogen and oxygen atoms in total. The molecule has 0 amide bonds. The zero-order valence-corrected chi connectivity index (χ0v) is 28.0. The molecule has 1 aliphatic heterocycles. The van der Waals surface area contributed by atoms with E-state index in [9.17, 15) is 35.7 Å². The van der Waals surface area contributed by atoms with Crippen LogP contribution in [0.2, 0.25) is 0 Å². The smallest absolute Gasteiger partial charge is 0.186 e. The highest BCUT2D eigenvalue weighted by Gasteiger charge is 2.68. The minimum atomic E-state index is -1.19. The lowest BCUT2D eigenvalue weighted by atomic mass is 9.43. The van der Waals surface area contributed by atoms with Gasteiger partial charge in [-0.2, -0.15) is 0 Å². The van der Waals surface area contributed by atoms with Crippen LogP contribution in [0.5, 0.6) is 0 Å². The van der Waals surface area contributed by atoms with Crippen molar-refractivity contribution in [3.8, 4) is 0 Å². The van der Waals surface area contributed by atoms with Crippen LogP contribution in [0.25, 0.3) is 0 Å². The summed E-state index contributed by atoms with van der Waals surface area (Å²) in [6.07, 6.45) is 0.467. The van der Waals surface area contributed by atoms with Gasteiger partial charge in [-0.1, -0.05) is 46.8 Å². The van der Waals surface area contributed by atoms with Crippen LogP contribution in [0.15, 0.2) is 12.2 Å². The monoisotopic (exact) mass is 640 g/mol. The Labute approximate surface area is 268 Å². The number of methoxy groups -OCH3 is 1. The van der Waals surface area contributed by atoms with Crippen molar-refractivity contribution in [3.05, 3.63) is 12.2 Å². The third-order valence-electron chi connectivity index (χ3n) is 13.4. The van der Waals surface area contributed by atoms with Crippen LogP contribution in [0, 0.1) is 58.2 Å². The standard InChI is InChI=1S/C35H60O10/c1-17(2)19(11-14-44-33-32(42)29(39)24(43-6)16-45-33)8-7-18(3)25-30(40)31(41)26-20-15-23(37)27-28(38)22(36)10-13-34(27,4)21(20)9-12-35(25,26)5/h7-8,17-33,36-42H,9-16H2,1-6H3/t18-,19-,20-,21+,22+,23+,24-,25+,26-,27+,28+,29+,30-,31+,32-,33-,34-,35-/m1/s1. The predicted molar refractivity (Wildman–Crippen MR) is 167 cm³/mol. The third-order valence-corrected chi connectivity index (χ3v) is 13.4. The minimum Gasteiger partial charge on any atom is -0.393 e. The molecule has 0 aromatic heterocycles. The molecule has 5 rings (SSSR count). The number of hydrogen-bond acceptors (Lipinski definition) is 10. The van der Waals surface area contributed by atoms with Crippen molar-refractivity contribution < 1.29 is 50.0 Å². The number of fused-ring (bicyclic) bond motifs is 5. The maximum absolute atomic E-state index is 11.6. The number of ether oxygens (including phenoxy) is 3. The summed E-state index contributed by atoms with van der Waals surface area (Å²) < 4.78 is 16.6. The summed E-state index contributed by atoms with van der Waals surface area (Å²) in [5.74, 6) is 0.0269. The zero-order chi connectivity index (χ0) is 33.0. The fourth-order valence-electron chi connectivity index (χ4n) is 11.0. The van der Waals surface area contributed by atoms with E-state index >= 15 is 0 Å². The lowest BCUT2D eigenvalue weighted by Gasteiger charge is -2.63. The highest BCUT2D eigenvalue weighted by atomic mass is 16.7. The zero-order valence-electron chi connectivity index (χ0n) is 28.0. The van der Waals surface area contributed by atoms with Crippen LogP contribution in [0.3, 0.4) is 0 Å². The Hall–Kier alpha value is -0.660. The molecule has 18 atom stereocenters. The molecule has 10 heteroatoms. The van der Waals surface area contributed by atoms with Crippen molar-refractivity contribution in [2.75, 3.05) is 20.3 Å². The minimum absolute atomic E-state index is 0.00325. The number of aliphatic hydroxyl groups excluding tert-OH is 7. The van der Waals surface area contributed by atoms with Gasteiger partial charge in [-0.3, -0.25) is 0 Å². The first-order valence-corrected chi connectivity index (χ1v) is 17.4. The second-order valence-electron chi connectivity index (χ2n) is 16.0. The molecule has 0 spiro atoms. The van der Waals surface area contributed by atoms with E-state index < -0.39 is 55.1 Å². The van der Waals surface area contributed by atoms with Gasteiger partial charge in [0.15, 0.2) is 6.29 Å². The van der Waals surface area contributed by atoms with Gasteiger partial charge in [-0.05, 0) is 90.8 Å². The number of allylic oxidation sites excluding steroid dienone is 2. The summed E-state index contributed by atoms with van der Waals surface area (Å²) in [5, 5.41) is 76.5. The van der Waals surface area contributed by atoms with Crippen molar-refractivity contribution in [1.29, 1.82) is 0 Å². The molecular weight excluding hydrogens is 580 g/mol. The molecule has 7 N–H and O–H groups in total. The van der Waals surface area contributed by atoms with Gasteiger partial charge in [0.2, 0.25) is 0 Å². The van der Waals surface area contributed by atoms with Gasteiger partial charge in [-0.25, -0.2) is 0 Å². The van der Waals surface area contributed by atoms with Crippen molar-refractivity contribution in [3.63, 3.8) is 0 Å². The Balaban J connectivity index is 1.26. The molecule has 5 fully saturated rings. The van der Waals surface area contributed by atoms with Gasteiger partial charge in [0.25, 0.3) is 0 Å². The Morgan fingerprint density at radius 3 is 2.16 bits per heavy atom. The van der Waals surface area contributed by atoms with E-state index in [1.54, 1.807) is 0 Å². The maximum Gasteiger partial charge on any atom is 0.186 e. The summed E-state index contributed by atoms with van der Waals surface area (Å²) in [6, 6.07) is 0. The highest BCUT2D eigenvalue weighted by molar-refractivity contribution is 5.18. The van der Waals surface area contributed by atoms with Gasteiger partial charge < -0.3 is 50.0 Å². The topological polar surface area (TPSA) is 169 Å². The van der Waals surface area contributed by atoms with Gasteiger partial charge in [0, 0.05) is 13.0 Å². The van der Waals surface area contributed by atoms with Crippen LogP contribution < -0.4 is 0 Å². The molecule has 45 heavy (non-hydrogen) atoms. The molecule has 4 aliphatic carbocycles. The van der Waals surface area contributed by atoms with Crippen LogP contribution in [-0.2, 0) is 14.2 Å². The van der Waals surface area contributed by atoms with Crippen LogP contribution in [0.1, 0.15) is 73.1 Å². The van der Waals surface area contributed by atoms with Gasteiger partial charge in [-0.15, -0.1) is 0 Å². The molecule has 0 bridgehead atoms. The fourth-order valence-corrected chi connectivity index (χ4v) is 11.0. The summed E-state index contributed by atoms with van der Waals surface area (Å²) >= 11 is 0. The van der Waals surface area contributed by atoms with Gasteiger partial charge in [0.05, 0.1) is 43.7 Å². The number of rotatable bonds is 9. The Kier molecular flexibility index (Phi) is 10.8. The largest absolute Gasteiger partial charge is 0.393 e. The average Bonchev–Trinajstić information content (AvgIpc) is 3.19. The summed E-state index contributed by atoms with van der Waals surface area (Å²) in [6.45, 7) is 11.3. The van der Waals surface area contributed by atoms with Gasteiger partial charge in [0.1, 0.15) is 18.3 Å². The maximum atomic E-state index is 11.6. The van der Waals surface area contributed by atoms with Crippen molar-refractivity contribution in [2.24, 2.45) is 58.2 Å². The molecule has 1 saturated heterocycles. The summed E-state index contributed by atoms with van der Waals surface area (Å²) in [4.78, 5) is 0. The van der Waals surface area contributed by atoms with E-state index in [1.165, 1.54) is 7.11 Å². The number of hydrogen-bond donors (Lipinski definition) is 7. The van der Waals surface area contributed by atoms with Crippen molar-refractivity contribution in [2.45, 2.75) is 128 Å². The van der Waals surface area contributed by atoms with Crippen LogP contribution in [-0.4, -0.2) is 111 Å². The van der Waals surface area contributed by atoms with E-state index in [1.807, 2.05) is 0 Å². The van der Waals surface area contributed by atoms with E-state index in [0.717, 1.165) is 19.3 Å². The van der Waals surface area contributed by atoms with E-state index in [4.69, 9.17) is 14.2 Å². The van der Waals surface area contributed by atoms with Crippen LogP contribution in [0.4, 0.5) is 0 Å². The van der Waals surface area contributed by atoms with Gasteiger partial charge >= 0.3 is 0 Å². The van der Waals surface area contributed by atoms with E-state index in [2.05, 4.69) is 46.8 Å². The summed E-state index contributed by atoms with van der Waals surface area (Å²) in [7, 11) is 1.47. The molecule has 0 aromatic rings. The SMILES string of the molecule is CO[C@@H]1CO[C@@H](OCC[C@@H](C=C[C@@H](C)[C@H]2[C@@H](O)[C@@H](O)[C@H]3[C@@H]4C[C@H](O)[C@H]5[C@@H](O)[C@@H](O)CC[C@]5(C)[C@H]4CC[C@]23C)C(C)C)[C@H](O)[C@H]1O. The Morgan fingerprint density at radius 2 is 1.49 bits per heavy atom. The Bertz CT molecular complexity index is 1020. The second-order valence-corrected chi connectivity index (χ2v) is 16.0. The molecule has 260 valence electrons. The molecule has 0 unspecified atom stereocenters. The van der Waals surface area contributed by atoms with E-state index in [-0.39, 0.29) is 58.9 Å². The normalized spacial score (nSPS) is 51.5.